The maximum Gasteiger partial charge on any atom is 0.270 e. The Bertz CT molecular complexity index is 619. The van der Waals surface area contributed by atoms with Gasteiger partial charge in [-0.1, -0.05) is 26.8 Å². The van der Waals surface area contributed by atoms with Crippen LogP contribution in [0.15, 0.2) is 42.9 Å². The second-order valence-corrected chi connectivity index (χ2v) is 6.48. The molecule has 2 aromatic heterocycles. The molecule has 0 saturated carbocycles. The third-order valence-electron chi connectivity index (χ3n) is 3.19. The molecule has 1 atom stereocenters. The van der Waals surface area contributed by atoms with Crippen molar-refractivity contribution < 1.29 is 9.90 Å². The number of hydrogen-bond acceptors (Lipinski definition) is 4. The Morgan fingerprint density at radius 3 is 2.59 bits per heavy atom. The Balaban J connectivity index is 2.19. The molecule has 2 N–H and O–H groups in total. The van der Waals surface area contributed by atoms with E-state index >= 15 is 0 Å². The molecule has 0 radical (unpaired) electrons. The highest BCUT2D eigenvalue weighted by atomic mass is 16.3. The van der Waals surface area contributed by atoms with Crippen molar-refractivity contribution in [3.63, 3.8) is 0 Å². The summed E-state index contributed by atoms with van der Waals surface area (Å²) in [6.07, 6.45) is 5.52. The summed E-state index contributed by atoms with van der Waals surface area (Å²) in [5.74, 6) is -0.229. The molecule has 5 nitrogen and oxygen atoms in total. The molecule has 0 spiro atoms. The highest BCUT2D eigenvalue weighted by molar-refractivity contribution is 5.92. The van der Waals surface area contributed by atoms with E-state index in [1.807, 2.05) is 12.1 Å². The number of nitrogens with one attached hydrogen (secondary N) is 1. The first-order valence-electron chi connectivity index (χ1n) is 7.21. The second-order valence-electron chi connectivity index (χ2n) is 6.48. The smallest absolute Gasteiger partial charge is 0.270 e. The van der Waals surface area contributed by atoms with Crippen LogP contribution in [0.4, 0.5) is 0 Å². The highest BCUT2D eigenvalue weighted by Gasteiger charge is 2.23. The lowest BCUT2D eigenvalue weighted by Gasteiger charge is -2.27. The van der Waals surface area contributed by atoms with Gasteiger partial charge in [-0.2, -0.15) is 0 Å². The van der Waals surface area contributed by atoms with E-state index in [2.05, 4.69) is 36.1 Å². The van der Waals surface area contributed by atoms with Crippen molar-refractivity contribution in [2.75, 3.05) is 0 Å². The van der Waals surface area contributed by atoms with Crippen LogP contribution in [0.1, 0.15) is 49.3 Å². The molecule has 0 aromatic carbocycles. The number of nitrogens with zero attached hydrogens (tertiary/aromatic N) is 2. The summed E-state index contributed by atoms with van der Waals surface area (Å²) in [5, 5.41) is 12.3. The number of hydrogen-bond donors (Lipinski definition) is 2. The molecule has 2 rings (SSSR count). The molecule has 5 heteroatoms. The lowest BCUT2D eigenvalue weighted by atomic mass is 9.86. The quantitative estimate of drug-likeness (QED) is 0.909. The van der Waals surface area contributed by atoms with Crippen LogP contribution >= 0.6 is 0 Å². The van der Waals surface area contributed by atoms with Crippen LogP contribution in [0, 0.1) is 5.41 Å². The average Bonchev–Trinajstić information content (AvgIpc) is 2.47. The van der Waals surface area contributed by atoms with Gasteiger partial charge in [0, 0.05) is 12.4 Å². The molecule has 1 unspecified atom stereocenters. The fourth-order valence-corrected chi connectivity index (χ4v) is 2.20. The van der Waals surface area contributed by atoms with Crippen molar-refractivity contribution in [3.05, 3.63) is 54.1 Å². The summed E-state index contributed by atoms with van der Waals surface area (Å²) in [6.45, 7) is 6.38. The minimum absolute atomic E-state index is 0.0371. The molecular weight excluding hydrogens is 278 g/mol. The van der Waals surface area contributed by atoms with Gasteiger partial charge in [-0.05, 0) is 35.6 Å². The summed E-state index contributed by atoms with van der Waals surface area (Å²) < 4.78 is 0. The molecule has 2 aromatic rings. The maximum atomic E-state index is 12.3. The molecule has 0 saturated heterocycles. The van der Waals surface area contributed by atoms with Gasteiger partial charge in [0.25, 0.3) is 5.91 Å². The van der Waals surface area contributed by atoms with E-state index < -0.39 is 0 Å². The van der Waals surface area contributed by atoms with Gasteiger partial charge >= 0.3 is 0 Å². The minimum Gasteiger partial charge on any atom is -0.506 e. The predicted molar refractivity (Wildman–Crippen MR) is 84.4 cm³/mol. The number of amides is 1. The van der Waals surface area contributed by atoms with Crippen LogP contribution in [0.25, 0.3) is 0 Å². The summed E-state index contributed by atoms with van der Waals surface area (Å²) in [5.41, 5.74) is 1.29. The number of aromatic nitrogens is 2. The topological polar surface area (TPSA) is 75.1 Å². The van der Waals surface area contributed by atoms with Crippen LogP contribution in [-0.2, 0) is 0 Å². The zero-order valence-corrected chi connectivity index (χ0v) is 13.1. The van der Waals surface area contributed by atoms with Gasteiger partial charge in [0.2, 0.25) is 0 Å². The van der Waals surface area contributed by atoms with Crippen LogP contribution in [0.5, 0.6) is 5.75 Å². The van der Waals surface area contributed by atoms with Gasteiger partial charge < -0.3 is 10.4 Å². The van der Waals surface area contributed by atoms with Crippen molar-refractivity contribution in [2.24, 2.45) is 5.41 Å². The maximum absolute atomic E-state index is 12.3. The van der Waals surface area contributed by atoms with Crippen LogP contribution < -0.4 is 5.32 Å². The Morgan fingerprint density at radius 2 is 2.05 bits per heavy atom. The molecule has 2 heterocycles. The Hall–Kier alpha value is -2.43. The van der Waals surface area contributed by atoms with Crippen LogP contribution in [0.2, 0.25) is 0 Å². The first kappa shape index (κ1) is 15.9. The van der Waals surface area contributed by atoms with E-state index in [-0.39, 0.29) is 28.8 Å². The fourth-order valence-electron chi connectivity index (χ4n) is 2.20. The summed E-state index contributed by atoms with van der Waals surface area (Å²) in [7, 11) is 0. The lowest BCUT2D eigenvalue weighted by molar-refractivity contribution is 0.0921. The third-order valence-corrected chi connectivity index (χ3v) is 3.19. The van der Waals surface area contributed by atoms with Gasteiger partial charge in [-0.25, -0.2) is 4.98 Å². The van der Waals surface area contributed by atoms with Gasteiger partial charge in [0.1, 0.15) is 11.4 Å². The van der Waals surface area contributed by atoms with E-state index in [9.17, 15) is 9.90 Å². The Kier molecular flexibility index (Phi) is 4.75. The van der Waals surface area contributed by atoms with Crippen molar-refractivity contribution in [1.29, 1.82) is 0 Å². The summed E-state index contributed by atoms with van der Waals surface area (Å²) in [4.78, 5) is 20.4. The third kappa shape index (κ3) is 4.55. The second kappa shape index (κ2) is 6.56. The van der Waals surface area contributed by atoms with Gasteiger partial charge in [-0.15, -0.1) is 0 Å². The SMILES string of the molecule is CC(C)(C)CC(NC(=O)c1ccc(O)cn1)c1cccnc1. The molecular formula is C17H21N3O2. The molecule has 22 heavy (non-hydrogen) atoms. The van der Waals surface area contributed by atoms with Gasteiger partial charge in [0.15, 0.2) is 0 Å². The normalized spacial score (nSPS) is 12.7. The fraction of sp³-hybridized carbons (Fsp3) is 0.353. The van der Waals surface area contributed by atoms with Crippen LogP contribution in [-0.4, -0.2) is 21.0 Å². The number of aromatic hydroxyl groups is 1. The number of pyridine rings is 2. The molecule has 0 aliphatic heterocycles. The highest BCUT2D eigenvalue weighted by Crippen LogP contribution is 2.29. The Morgan fingerprint density at radius 1 is 1.27 bits per heavy atom. The molecule has 1 amide bonds. The first-order valence-corrected chi connectivity index (χ1v) is 7.21. The molecule has 0 fully saturated rings. The summed E-state index contributed by atoms with van der Waals surface area (Å²) >= 11 is 0. The first-order chi connectivity index (χ1) is 10.3. The number of carbonyl (C=O) groups is 1. The summed E-state index contributed by atoms with van der Waals surface area (Å²) in [6, 6.07) is 6.62. The van der Waals surface area contributed by atoms with Crippen LogP contribution in [0.3, 0.4) is 0 Å². The molecule has 0 bridgehead atoms. The van der Waals surface area contributed by atoms with Crippen molar-refractivity contribution >= 4 is 5.91 Å². The number of rotatable bonds is 4. The van der Waals surface area contributed by atoms with E-state index in [0.717, 1.165) is 12.0 Å². The number of carbonyl (C=O) groups excluding carboxylic acids is 1. The molecule has 116 valence electrons. The lowest BCUT2D eigenvalue weighted by Crippen LogP contribution is -2.31. The minimum atomic E-state index is -0.266. The zero-order chi connectivity index (χ0) is 16.2. The monoisotopic (exact) mass is 299 g/mol. The largest absolute Gasteiger partial charge is 0.506 e. The predicted octanol–water partition coefficient (Wildman–Crippen LogP) is 3.09. The van der Waals surface area contributed by atoms with Gasteiger partial charge in [0.05, 0.1) is 12.2 Å². The van der Waals surface area contributed by atoms with E-state index in [1.54, 1.807) is 12.4 Å². The standard InChI is InChI=1S/C17H21N3O2/c1-17(2,3)9-15(12-5-4-8-18-10-12)20-16(22)14-7-6-13(21)11-19-14/h4-8,10-11,15,21H,9H2,1-3H3,(H,20,22). The average molecular weight is 299 g/mol. The van der Waals surface area contributed by atoms with E-state index in [1.165, 1.54) is 18.3 Å². The van der Waals surface area contributed by atoms with Crippen molar-refractivity contribution in [3.8, 4) is 5.75 Å². The van der Waals surface area contributed by atoms with Gasteiger partial charge in [-0.3, -0.25) is 9.78 Å². The van der Waals surface area contributed by atoms with E-state index in [4.69, 9.17) is 0 Å². The van der Waals surface area contributed by atoms with Crippen molar-refractivity contribution in [2.45, 2.75) is 33.2 Å². The molecule has 0 aliphatic carbocycles. The van der Waals surface area contributed by atoms with E-state index in [0.29, 0.717) is 0 Å². The molecule has 0 aliphatic rings. The zero-order valence-electron chi connectivity index (χ0n) is 13.1. The Labute approximate surface area is 130 Å². The van der Waals surface area contributed by atoms with Crippen molar-refractivity contribution in [1.82, 2.24) is 15.3 Å².